The third-order valence-electron chi connectivity index (χ3n) is 4.23. The highest BCUT2D eigenvalue weighted by molar-refractivity contribution is 5.20. The summed E-state index contributed by atoms with van der Waals surface area (Å²) in [6, 6.07) is 15.5. The molecule has 0 radical (unpaired) electrons. The van der Waals surface area contributed by atoms with E-state index in [1.165, 1.54) is 24.1 Å². The summed E-state index contributed by atoms with van der Waals surface area (Å²) in [7, 11) is 2.10. The fourth-order valence-corrected chi connectivity index (χ4v) is 2.87. The zero-order chi connectivity index (χ0) is 14.4. The smallest absolute Gasteiger partial charge is 0.0364 e. The Hall–Kier alpha value is -1.54. The zero-order valence-corrected chi connectivity index (χ0v) is 12.8. The number of benzene rings is 1. The van der Waals surface area contributed by atoms with Crippen LogP contribution in [0.3, 0.4) is 0 Å². The Bertz CT molecular complexity index is 497. The second-order valence-corrected chi connectivity index (χ2v) is 5.46. The Morgan fingerprint density at radius 3 is 2.25 bits per heavy atom. The molecular formula is C18H26N2. The van der Waals surface area contributed by atoms with Gasteiger partial charge in [0.2, 0.25) is 0 Å². The minimum Gasteiger partial charge on any atom is -0.353 e. The first kappa shape index (κ1) is 14.9. The fraction of sp³-hybridized carbons (Fsp3) is 0.444. The van der Waals surface area contributed by atoms with Gasteiger partial charge >= 0.3 is 0 Å². The average Bonchev–Trinajstić information content (AvgIpc) is 2.90. The standard InChI is InChI=1S/C18H26N2/c1-4-15(5-2)18(16-10-7-6-8-11-16)19-14-17-12-9-13-20(17)3/h6-13,15,18-19H,4-5,14H2,1-3H3. The SMILES string of the molecule is CCC(CC)C(NCc1cccn1C)c1ccccc1. The molecule has 1 aromatic carbocycles. The van der Waals surface area contributed by atoms with Gasteiger partial charge in [-0.2, -0.15) is 0 Å². The lowest BCUT2D eigenvalue weighted by molar-refractivity contribution is 0.337. The molecule has 0 amide bonds. The van der Waals surface area contributed by atoms with Crippen LogP contribution in [-0.2, 0) is 13.6 Å². The number of hydrogen-bond acceptors (Lipinski definition) is 1. The largest absolute Gasteiger partial charge is 0.353 e. The summed E-state index contributed by atoms with van der Waals surface area (Å²) in [4.78, 5) is 0. The van der Waals surface area contributed by atoms with Gasteiger partial charge in [0.25, 0.3) is 0 Å². The molecule has 0 fully saturated rings. The highest BCUT2D eigenvalue weighted by Crippen LogP contribution is 2.27. The third-order valence-corrected chi connectivity index (χ3v) is 4.23. The van der Waals surface area contributed by atoms with Crippen molar-refractivity contribution in [2.24, 2.45) is 13.0 Å². The minimum atomic E-state index is 0.432. The molecule has 0 saturated heterocycles. The maximum atomic E-state index is 3.76. The summed E-state index contributed by atoms with van der Waals surface area (Å²) >= 11 is 0. The van der Waals surface area contributed by atoms with Gasteiger partial charge in [-0.05, 0) is 23.6 Å². The number of aryl methyl sites for hydroxylation is 1. The van der Waals surface area contributed by atoms with Crippen LogP contribution in [0, 0.1) is 5.92 Å². The predicted octanol–water partition coefficient (Wildman–Crippen LogP) is 4.29. The molecule has 1 atom stereocenters. The van der Waals surface area contributed by atoms with E-state index in [9.17, 15) is 0 Å². The lowest BCUT2D eigenvalue weighted by Crippen LogP contribution is -2.28. The number of aromatic nitrogens is 1. The van der Waals surface area contributed by atoms with Crippen molar-refractivity contribution in [3.63, 3.8) is 0 Å². The first-order valence-corrected chi connectivity index (χ1v) is 7.64. The van der Waals surface area contributed by atoms with Crippen molar-refractivity contribution in [2.45, 2.75) is 39.3 Å². The molecule has 2 rings (SSSR count). The third kappa shape index (κ3) is 3.51. The zero-order valence-electron chi connectivity index (χ0n) is 12.8. The Balaban J connectivity index is 2.13. The molecule has 1 N–H and O–H groups in total. The molecule has 0 aliphatic rings. The summed E-state index contributed by atoms with van der Waals surface area (Å²) < 4.78 is 2.18. The maximum absolute atomic E-state index is 3.76. The summed E-state index contributed by atoms with van der Waals surface area (Å²) in [5.41, 5.74) is 2.73. The highest BCUT2D eigenvalue weighted by Gasteiger charge is 2.19. The van der Waals surface area contributed by atoms with E-state index in [-0.39, 0.29) is 0 Å². The fourth-order valence-electron chi connectivity index (χ4n) is 2.87. The topological polar surface area (TPSA) is 17.0 Å². The lowest BCUT2D eigenvalue weighted by atomic mass is 9.89. The molecule has 2 heteroatoms. The van der Waals surface area contributed by atoms with Gasteiger partial charge in [-0.25, -0.2) is 0 Å². The molecule has 20 heavy (non-hydrogen) atoms. The molecule has 1 heterocycles. The van der Waals surface area contributed by atoms with Crippen LogP contribution < -0.4 is 5.32 Å². The second-order valence-electron chi connectivity index (χ2n) is 5.46. The Labute approximate surface area is 122 Å². The van der Waals surface area contributed by atoms with Crippen LogP contribution in [0.5, 0.6) is 0 Å². The van der Waals surface area contributed by atoms with Gasteiger partial charge in [-0.1, -0.05) is 57.0 Å². The van der Waals surface area contributed by atoms with E-state index in [0.717, 1.165) is 6.54 Å². The molecule has 0 aliphatic heterocycles. The Kier molecular flexibility index (Phi) is 5.42. The molecule has 0 aliphatic carbocycles. The van der Waals surface area contributed by atoms with Crippen molar-refractivity contribution in [3.05, 3.63) is 59.9 Å². The van der Waals surface area contributed by atoms with E-state index in [2.05, 4.69) is 79.4 Å². The maximum Gasteiger partial charge on any atom is 0.0364 e. The Morgan fingerprint density at radius 2 is 1.70 bits per heavy atom. The quantitative estimate of drug-likeness (QED) is 0.794. The first-order valence-electron chi connectivity index (χ1n) is 7.64. The second kappa shape index (κ2) is 7.30. The van der Waals surface area contributed by atoms with Crippen molar-refractivity contribution >= 4 is 0 Å². The molecule has 0 spiro atoms. The van der Waals surface area contributed by atoms with E-state index in [1.807, 2.05) is 0 Å². The van der Waals surface area contributed by atoms with Gasteiger partial charge in [0.05, 0.1) is 0 Å². The van der Waals surface area contributed by atoms with Gasteiger partial charge in [0.15, 0.2) is 0 Å². The molecule has 0 bridgehead atoms. The average molecular weight is 270 g/mol. The summed E-state index contributed by atoms with van der Waals surface area (Å²) in [5.74, 6) is 0.678. The monoisotopic (exact) mass is 270 g/mol. The van der Waals surface area contributed by atoms with E-state index in [4.69, 9.17) is 0 Å². The number of hydrogen-bond donors (Lipinski definition) is 1. The molecule has 108 valence electrons. The van der Waals surface area contributed by atoms with Gasteiger partial charge in [-0.3, -0.25) is 0 Å². The van der Waals surface area contributed by atoms with Gasteiger partial charge in [-0.15, -0.1) is 0 Å². The number of nitrogens with one attached hydrogen (secondary N) is 1. The van der Waals surface area contributed by atoms with Crippen LogP contribution in [-0.4, -0.2) is 4.57 Å². The molecule has 1 aromatic heterocycles. The molecule has 2 aromatic rings. The van der Waals surface area contributed by atoms with Gasteiger partial charge in [0, 0.05) is 31.5 Å². The molecule has 0 saturated carbocycles. The molecular weight excluding hydrogens is 244 g/mol. The summed E-state index contributed by atoms with van der Waals surface area (Å²) in [6.07, 6.45) is 4.51. The summed E-state index contributed by atoms with van der Waals surface area (Å²) in [6.45, 7) is 5.49. The first-order chi connectivity index (χ1) is 9.76. The minimum absolute atomic E-state index is 0.432. The number of rotatable bonds is 7. The van der Waals surface area contributed by atoms with E-state index >= 15 is 0 Å². The number of nitrogens with zero attached hydrogens (tertiary/aromatic N) is 1. The normalized spacial score (nSPS) is 12.8. The van der Waals surface area contributed by atoms with Crippen LogP contribution in [0.25, 0.3) is 0 Å². The van der Waals surface area contributed by atoms with Crippen LogP contribution >= 0.6 is 0 Å². The van der Waals surface area contributed by atoms with E-state index in [1.54, 1.807) is 0 Å². The van der Waals surface area contributed by atoms with E-state index < -0.39 is 0 Å². The summed E-state index contributed by atoms with van der Waals surface area (Å²) in [5, 5.41) is 3.76. The Morgan fingerprint density at radius 1 is 1.00 bits per heavy atom. The molecule has 2 nitrogen and oxygen atoms in total. The van der Waals surface area contributed by atoms with Crippen molar-refractivity contribution in [3.8, 4) is 0 Å². The van der Waals surface area contributed by atoms with Crippen molar-refractivity contribution in [2.75, 3.05) is 0 Å². The van der Waals surface area contributed by atoms with Crippen LogP contribution in [0.15, 0.2) is 48.7 Å². The van der Waals surface area contributed by atoms with Gasteiger partial charge in [0.1, 0.15) is 0 Å². The van der Waals surface area contributed by atoms with Crippen LogP contribution in [0.4, 0.5) is 0 Å². The van der Waals surface area contributed by atoms with Crippen molar-refractivity contribution in [1.29, 1.82) is 0 Å². The lowest BCUT2D eigenvalue weighted by Gasteiger charge is -2.27. The van der Waals surface area contributed by atoms with Crippen LogP contribution in [0.1, 0.15) is 44.0 Å². The van der Waals surface area contributed by atoms with E-state index in [0.29, 0.717) is 12.0 Å². The van der Waals surface area contributed by atoms with Crippen molar-refractivity contribution in [1.82, 2.24) is 9.88 Å². The molecule has 1 unspecified atom stereocenters. The highest BCUT2D eigenvalue weighted by atomic mass is 15.0. The van der Waals surface area contributed by atoms with Crippen molar-refractivity contribution < 1.29 is 0 Å². The van der Waals surface area contributed by atoms with Crippen LogP contribution in [0.2, 0.25) is 0 Å². The predicted molar refractivity (Wildman–Crippen MR) is 85.5 cm³/mol. The van der Waals surface area contributed by atoms with Gasteiger partial charge < -0.3 is 9.88 Å².